The van der Waals surface area contributed by atoms with Gasteiger partial charge in [0.25, 0.3) is 0 Å². The molecule has 0 aliphatic carbocycles. The van der Waals surface area contributed by atoms with E-state index in [0.717, 1.165) is 0 Å². The highest BCUT2D eigenvalue weighted by Crippen LogP contribution is 2.02. The van der Waals surface area contributed by atoms with Crippen LogP contribution in [0.4, 0.5) is 0 Å². The van der Waals surface area contributed by atoms with E-state index in [-0.39, 0.29) is 0 Å². The molecule has 0 N–H and O–H groups in total. The fraction of sp³-hybridized carbons (Fsp3) is 1.00. The van der Waals surface area contributed by atoms with Gasteiger partial charge >= 0.3 is 0 Å². The summed E-state index contributed by atoms with van der Waals surface area (Å²) in [5.41, 5.74) is 0. The van der Waals surface area contributed by atoms with Gasteiger partial charge in [0.05, 0.1) is 52.9 Å². The van der Waals surface area contributed by atoms with Crippen molar-refractivity contribution in [3.63, 3.8) is 0 Å². The lowest BCUT2D eigenvalue weighted by Gasteiger charge is -2.17. The summed E-state index contributed by atoms with van der Waals surface area (Å²) >= 11 is 0. The van der Waals surface area contributed by atoms with Crippen LogP contribution in [0.15, 0.2) is 0 Å². The first-order valence-corrected chi connectivity index (χ1v) is 14.5. The predicted octanol–water partition coefficient (Wildman–Crippen LogP) is 2.74. The smallest absolute Gasteiger partial charge is 0.183 e. The average molecular weight is 339 g/mol. The normalized spacial score (nSPS) is 12.9. The van der Waals surface area contributed by atoms with Crippen LogP contribution in [-0.2, 0) is 23.1 Å². The highest BCUT2D eigenvalue weighted by molar-refractivity contribution is 6.70. The predicted molar refractivity (Wildman–Crippen MR) is 91.1 cm³/mol. The molecule has 128 valence electrons. The number of ether oxygens (including phenoxy) is 3. The van der Waals surface area contributed by atoms with Crippen molar-refractivity contribution in [2.75, 3.05) is 52.9 Å². The van der Waals surface area contributed by atoms with Gasteiger partial charge in [-0.3, -0.25) is 0 Å². The summed E-state index contributed by atoms with van der Waals surface area (Å²) in [6.45, 7) is 18.1. The van der Waals surface area contributed by atoms with Crippen molar-refractivity contribution < 1.29 is 23.1 Å². The number of rotatable bonds is 14. The molecule has 21 heavy (non-hydrogen) atoms. The van der Waals surface area contributed by atoms with Gasteiger partial charge in [0.15, 0.2) is 16.6 Å². The molecule has 0 saturated heterocycles. The second-order valence-electron chi connectivity index (χ2n) is 6.76. The highest BCUT2D eigenvalue weighted by Gasteiger charge is 2.13. The van der Waals surface area contributed by atoms with E-state index in [1.807, 2.05) is 0 Å². The maximum absolute atomic E-state index is 5.68. The molecule has 0 spiro atoms. The van der Waals surface area contributed by atoms with Gasteiger partial charge in [-0.15, -0.1) is 0 Å². The number of hydrogen-bond donors (Lipinski definition) is 0. The molecule has 0 radical (unpaired) electrons. The Morgan fingerprint density at radius 3 is 0.905 bits per heavy atom. The van der Waals surface area contributed by atoms with E-state index in [9.17, 15) is 0 Å². The van der Waals surface area contributed by atoms with E-state index in [0.29, 0.717) is 52.9 Å². The van der Waals surface area contributed by atoms with E-state index in [4.69, 9.17) is 23.1 Å². The van der Waals surface area contributed by atoms with Gasteiger partial charge in [0, 0.05) is 0 Å². The first-order chi connectivity index (χ1) is 9.71. The second kappa shape index (κ2) is 11.8. The Bertz CT molecular complexity index is 214. The minimum atomic E-state index is -1.40. The molecule has 0 aliphatic rings. The van der Waals surface area contributed by atoms with Crippen molar-refractivity contribution in [2.45, 2.75) is 39.3 Å². The van der Waals surface area contributed by atoms with Crippen molar-refractivity contribution in [2.24, 2.45) is 0 Å². The van der Waals surface area contributed by atoms with Crippen LogP contribution in [0.2, 0.25) is 39.3 Å². The molecule has 0 atom stereocenters. The fourth-order valence-electron chi connectivity index (χ4n) is 1.36. The molecular weight excluding hydrogens is 304 g/mol. The molecule has 0 aliphatic heterocycles. The Kier molecular flexibility index (Phi) is 11.9. The van der Waals surface area contributed by atoms with Gasteiger partial charge in [0.2, 0.25) is 0 Å². The Hall–Kier alpha value is 0.234. The van der Waals surface area contributed by atoms with Gasteiger partial charge in [0.1, 0.15) is 0 Å². The zero-order valence-corrected chi connectivity index (χ0v) is 16.7. The van der Waals surface area contributed by atoms with Crippen molar-refractivity contribution in [3.8, 4) is 0 Å². The molecule has 0 amide bonds. The van der Waals surface area contributed by atoms with Crippen LogP contribution in [0, 0.1) is 0 Å². The molecule has 0 rings (SSSR count). The minimum Gasteiger partial charge on any atom is -0.415 e. The van der Waals surface area contributed by atoms with Crippen LogP contribution in [-0.4, -0.2) is 69.5 Å². The lowest BCUT2D eigenvalue weighted by atomic mass is 10.7. The molecule has 5 nitrogen and oxygen atoms in total. The maximum atomic E-state index is 5.68. The Balaban J connectivity index is 3.10. The number of hydrogen-bond acceptors (Lipinski definition) is 5. The third kappa shape index (κ3) is 20.2. The standard InChI is InChI=1S/C14H34O5Si2/c1-20(2,3)18-13-11-16-9-7-15-8-10-17-12-14-19-21(4,5)6/h7-14H2,1-6H3. The van der Waals surface area contributed by atoms with Crippen molar-refractivity contribution in [3.05, 3.63) is 0 Å². The third-order valence-corrected chi connectivity index (χ3v) is 4.41. The SMILES string of the molecule is C[Si](C)(C)OCCOCCOCCOCCO[Si](C)(C)C. The van der Waals surface area contributed by atoms with Gasteiger partial charge in [-0.2, -0.15) is 0 Å². The minimum absolute atomic E-state index is 0.599. The summed E-state index contributed by atoms with van der Waals surface area (Å²) < 4.78 is 27.6. The van der Waals surface area contributed by atoms with E-state index in [2.05, 4.69) is 39.3 Å². The third-order valence-electron chi connectivity index (χ3n) is 2.27. The van der Waals surface area contributed by atoms with E-state index in [1.54, 1.807) is 0 Å². The molecule has 0 saturated carbocycles. The lowest BCUT2D eigenvalue weighted by molar-refractivity contribution is 0.00424. The zero-order chi connectivity index (χ0) is 16.2. The van der Waals surface area contributed by atoms with Gasteiger partial charge in [-0.1, -0.05) is 0 Å². The first kappa shape index (κ1) is 21.2. The monoisotopic (exact) mass is 338 g/mol. The molecule has 0 aromatic rings. The van der Waals surface area contributed by atoms with E-state index < -0.39 is 16.6 Å². The molecule has 0 aromatic carbocycles. The lowest BCUT2D eigenvalue weighted by Crippen LogP contribution is -2.27. The molecule has 0 aromatic heterocycles. The maximum Gasteiger partial charge on any atom is 0.183 e. The Labute approximate surface area is 132 Å². The van der Waals surface area contributed by atoms with Crippen molar-refractivity contribution in [1.82, 2.24) is 0 Å². The van der Waals surface area contributed by atoms with Crippen LogP contribution in [0.25, 0.3) is 0 Å². The van der Waals surface area contributed by atoms with Crippen LogP contribution in [0.1, 0.15) is 0 Å². The summed E-state index contributed by atoms with van der Waals surface area (Å²) in [5.74, 6) is 0. The summed E-state index contributed by atoms with van der Waals surface area (Å²) in [5, 5.41) is 0. The molecule has 0 fully saturated rings. The molecule has 0 unspecified atom stereocenters. The summed E-state index contributed by atoms with van der Waals surface area (Å²) in [7, 11) is -2.80. The quantitative estimate of drug-likeness (QED) is 0.360. The van der Waals surface area contributed by atoms with Crippen molar-refractivity contribution in [1.29, 1.82) is 0 Å². The van der Waals surface area contributed by atoms with Crippen LogP contribution in [0.5, 0.6) is 0 Å². The zero-order valence-electron chi connectivity index (χ0n) is 14.7. The van der Waals surface area contributed by atoms with Crippen LogP contribution >= 0.6 is 0 Å². The Morgan fingerprint density at radius 1 is 0.429 bits per heavy atom. The molecule has 0 bridgehead atoms. The molecule has 0 heterocycles. The van der Waals surface area contributed by atoms with Crippen LogP contribution < -0.4 is 0 Å². The average Bonchev–Trinajstić information content (AvgIpc) is 2.32. The summed E-state index contributed by atoms with van der Waals surface area (Å²) in [6.07, 6.45) is 0. The largest absolute Gasteiger partial charge is 0.415 e. The van der Waals surface area contributed by atoms with Gasteiger partial charge < -0.3 is 23.1 Å². The highest BCUT2D eigenvalue weighted by atomic mass is 28.4. The summed E-state index contributed by atoms with van der Waals surface area (Å²) in [4.78, 5) is 0. The van der Waals surface area contributed by atoms with Crippen molar-refractivity contribution >= 4 is 16.6 Å². The summed E-state index contributed by atoms with van der Waals surface area (Å²) in [6, 6.07) is 0. The molecule has 7 heteroatoms. The Morgan fingerprint density at radius 2 is 0.667 bits per heavy atom. The molecular formula is C14H34O5Si2. The fourth-order valence-corrected chi connectivity index (χ4v) is 2.75. The van der Waals surface area contributed by atoms with Gasteiger partial charge in [-0.25, -0.2) is 0 Å². The second-order valence-corrected chi connectivity index (χ2v) is 15.8. The van der Waals surface area contributed by atoms with E-state index >= 15 is 0 Å². The van der Waals surface area contributed by atoms with E-state index in [1.165, 1.54) is 0 Å². The van der Waals surface area contributed by atoms with Gasteiger partial charge in [-0.05, 0) is 39.3 Å². The topological polar surface area (TPSA) is 46.2 Å². The van der Waals surface area contributed by atoms with Crippen LogP contribution in [0.3, 0.4) is 0 Å². The first-order valence-electron chi connectivity index (χ1n) is 7.72.